The second-order valence-electron chi connectivity index (χ2n) is 7.79. The number of amides is 1. The smallest absolute Gasteiger partial charge is 0.327 e. The Morgan fingerprint density at radius 1 is 1.19 bits per heavy atom. The van der Waals surface area contributed by atoms with Crippen molar-refractivity contribution < 1.29 is 18.0 Å². The second-order valence-corrected chi connectivity index (χ2v) is 10.3. The Bertz CT molecular complexity index is 1600. The monoisotopic (exact) mass is 548 g/mol. The molecular weight excluding hydrogens is 533 g/mol. The highest BCUT2D eigenvalue weighted by Crippen LogP contribution is 2.33. The second kappa shape index (κ2) is 9.68. The Balaban J connectivity index is 1.22. The van der Waals surface area contributed by atoms with Crippen molar-refractivity contribution in [3.05, 3.63) is 69.7 Å². The first-order valence-corrected chi connectivity index (χ1v) is 12.7. The zero-order valence-electron chi connectivity index (χ0n) is 18.5. The van der Waals surface area contributed by atoms with Gasteiger partial charge in [-0.15, -0.1) is 21.5 Å². The number of aryl methyl sites for hydroxylation is 1. The molecule has 0 spiro atoms. The summed E-state index contributed by atoms with van der Waals surface area (Å²) in [5, 5.41) is 13.0. The minimum atomic E-state index is -4.46. The molecule has 36 heavy (non-hydrogen) atoms. The number of hydrogen-bond acceptors (Lipinski definition) is 7. The van der Waals surface area contributed by atoms with Crippen molar-refractivity contribution >= 4 is 67.8 Å². The average Bonchev–Trinajstić information content (AvgIpc) is 3.40. The van der Waals surface area contributed by atoms with Gasteiger partial charge >= 0.3 is 6.18 Å². The Morgan fingerprint density at radius 2 is 2.00 bits per heavy atom. The van der Waals surface area contributed by atoms with Crippen molar-refractivity contribution in [2.45, 2.75) is 17.8 Å². The van der Waals surface area contributed by atoms with Gasteiger partial charge in [0.15, 0.2) is 10.8 Å². The normalized spacial score (nSPS) is 11.9. The number of halogens is 4. The molecule has 184 valence electrons. The summed E-state index contributed by atoms with van der Waals surface area (Å²) in [4.78, 5) is 21.8. The van der Waals surface area contributed by atoms with E-state index >= 15 is 0 Å². The van der Waals surface area contributed by atoms with Crippen molar-refractivity contribution in [1.29, 1.82) is 0 Å². The summed E-state index contributed by atoms with van der Waals surface area (Å²) >= 11 is 8.39. The Morgan fingerprint density at radius 3 is 2.81 bits per heavy atom. The molecule has 0 saturated carbocycles. The van der Waals surface area contributed by atoms with Crippen molar-refractivity contribution in [2.24, 2.45) is 7.05 Å². The Kier molecular flexibility index (Phi) is 6.58. The van der Waals surface area contributed by atoms with Gasteiger partial charge < -0.3 is 9.88 Å². The van der Waals surface area contributed by atoms with E-state index in [1.165, 1.54) is 23.6 Å². The van der Waals surface area contributed by atoms with E-state index in [0.29, 0.717) is 31.9 Å². The van der Waals surface area contributed by atoms with E-state index in [9.17, 15) is 18.0 Å². The number of rotatable bonds is 6. The number of nitrogens with one attached hydrogen (secondary N) is 1. The average molecular weight is 549 g/mol. The van der Waals surface area contributed by atoms with E-state index < -0.39 is 11.7 Å². The topological polar surface area (TPSA) is 85.6 Å². The number of nitrogens with zero attached hydrogens (tertiary/aromatic N) is 5. The number of para-hydroxylation sites is 1. The SMILES string of the molecule is Cn1c2ccccc2c2nnc(SCC(=O)Nc3ncc(Cc4cc(C(F)(F)F)ccc4Cl)s3)nc21. The lowest BCUT2D eigenvalue weighted by molar-refractivity contribution is -0.137. The molecule has 0 bridgehead atoms. The predicted molar refractivity (Wildman–Crippen MR) is 135 cm³/mol. The number of thioether (sulfide) groups is 1. The summed E-state index contributed by atoms with van der Waals surface area (Å²) in [7, 11) is 1.90. The van der Waals surface area contributed by atoms with Crippen LogP contribution in [-0.4, -0.2) is 36.4 Å². The summed E-state index contributed by atoms with van der Waals surface area (Å²) < 4.78 is 41.0. The first kappa shape index (κ1) is 24.5. The Hall–Kier alpha value is -3.22. The van der Waals surface area contributed by atoms with Gasteiger partial charge in [0, 0.05) is 35.0 Å². The van der Waals surface area contributed by atoms with Gasteiger partial charge in [0.1, 0.15) is 5.52 Å². The highest BCUT2D eigenvalue weighted by Gasteiger charge is 2.31. The minimum absolute atomic E-state index is 0.0332. The molecule has 0 saturated heterocycles. The number of fused-ring (bicyclic) bond motifs is 3. The zero-order chi connectivity index (χ0) is 25.4. The van der Waals surface area contributed by atoms with Crippen LogP contribution in [0.3, 0.4) is 0 Å². The lowest BCUT2D eigenvalue weighted by atomic mass is 10.1. The molecule has 0 aliphatic heterocycles. The third kappa shape index (κ3) is 5.01. The van der Waals surface area contributed by atoms with Crippen molar-refractivity contribution in [3.8, 4) is 0 Å². The first-order valence-electron chi connectivity index (χ1n) is 10.5. The number of benzene rings is 2. The predicted octanol–water partition coefficient (Wildman–Crippen LogP) is 5.97. The van der Waals surface area contributed by atoms with E-state index in [1.807, 2.05) is 35.9 Å². The fraction of sp³-hybridized carbons (Fsp3) is 0.174. The third-order valence-electron chi connectivity index (χ3n) is 5.36. The molecule has 1 N–H and O–H groups in total. The fourth-order valence-electron chi connectivity index (χ4n) is 3.66. The molecular formula is C23H16ClF3N6OS2. The van der Waals surface area contributed by atoms with Gasteiger partial charge in [0.05, 0.1) is 16.8 Å². The first-order chi connectivity index (χ1) is 17.2. The van der Waals surface area contributed by atoms with Crippen LogP contribution in [0, 0.1) is 0 Å². The van der Waals surface area contributed by atoms with Crippen LogP contribution in [0.4, 0.5) is 18.3 Å². The number of carbonyl (C=O) groups is 1. The summed E-state index contributed by atoms with van der Waals surface area (Å²) in [6.07, 6.45) is -2.79. The molecule has 3 aromatic heterocycles. The summed E-state index contributed by atoms with van der Waals surface area (Å²) in [5.41, 5.74) is 1.91. The van der Waals surface area contributed by atoms with Crippen molar-refractivity contribution in [1.82, 2.24) is 24.7 Å². The molecule has 1 amide bonds. The van der Waals surface area contributed by atoms with Crippen LogP contribution >= 0.6 is 34.7 Å². The highest BCUT2D eigenvalue weighted by molar-refractivity contribution is 7.99. The molecule has 0 fully saturated rings. The molecule has 0 aliphatic carbocycles. The largest absolute Gasteiger partial charge is 0.416 e. The lowest BCUT2D eigenvalue weighted by Gasteiger charge is -2.09. The molecule has 2 aromatic carbocycles. The quantitative estimate of drug-likeness (QED) is 0.263. The molecule has 0 atom stereocenters. The van der Waals surface area contributed by atoms with Gasteiger partial charge in [-0.3, -0.25) is 4.79 Å². The van der Waals surface area contributed by atoms with Crippen molar-refractivity contribution in [2.75, 3.05) is 11.1 Å². The van der Waals surface area contributed by atoms with Gasteiger partial charge in [-0.1, -0.05) is 41.6 Å². The number of hydrogen-bond donors (Lipinski definition) is 1. The molecule has 13 heteroatoms. The van der Waals surface area contributed by atoms with Crippen LogP contribution in [0.25, 0.3) is 22.1 Å². The van der Waals surface area contributed by atoms with Crippen LogP contribution in [-0.2, 0) is 24.4 Å². The van der Waals surface area contributed by atoms with Gasteiger partial charge in [0.25, 0.3) is 0 Å². The number of thiazole rings is 1. The maximum atomic E-state index is 13.0. The molecule has 0 radical (unpaired) electrons. The summed E-state index contributed by atoms with van der Waals surface area (Å²) in [6.45, 7) is 0. The number of aromatic nitrogens is 5. The van der Waals surface area contributed by atoms with Gasteiger partial charge in [-0.25, -0.2) is 9.97 Å². The standard InChI is InChI=1S/C23H16ClF3N6OS2/c1-33-17-5-3-2-4-15(17)19-20(33)30-22(32-31-19)35-11-18(34)29-21-28-10-14(36-21)9-12-8-13(23(25,26)27)6-7-16(12)24/h2-8,10H,9,11H2,1H3,(H,28,29,34). The van der Waals surface area contributed by atoms with Crippen LogP contribution < -0.4 is 5.32 Å². The maximum absolute atomic E-state index is 13.0. The van der Waals surface area contributed by atoms with Crippen LogP contribution in [0.2, 0.25) is 5.02 Å². The summed E-state index contributed by atoms with van der Waals surface area (Å²) in [5.74, 6) is -0.287. The molecule has 0 unspecified atom stereocenters. The third-order valence-corrected chi connectivity index (χ3v) is 7.48. The Labute approximate surface area is 215 Å². The van der Waals surface area contributed by atoms with Gasteiger partial charge in [-0.05, 0) is 29.8 Å². The molecule has 5 rings (SSSR count). The number of alkyl halides is 3. The van der Waals surface area contributed by atoms with E-state index in [1.54, 1.807) is 0 Å². The van der Waals surface area contributed by atoms with Crippen LogP contribution in [0.1, 0.15) is 16.0 Å². The van der Waals surface area contributed by atoms with E-state index in [0.717, 1.165) is 34.8 Å². The zero-order valence-corrected chi connectivity index (χ0v) is 20.9. The van der Waals surface area contributed by atoms with Gasteiger partial charge in [-0.2, -0.15) is 13.2 Å². The van der Waals surface area contributed by atoms with Gasteiger partial charge in [0.2, 0.25) is 11.1 Å². The molecule has 0 aliphatic rings. The highest BCUT2D eigenvalue weighted by atomic mass is 35.5. The number of carbonyl (C=O) groups excluding carboxylic acids is 1. The minimum Gasteiger partial charge on any atom is -0.327 e. The fourth-order valence-corrected chi connectivity index (χ4v) is 5.28. The van der Waals surface area contributed by atoms with E-state index in [2.05, 4.69) is 25.5 Å². The van der Waals surface area contributed by atoms with Crippen LogP contribution in [0.5, 0.6) is 0 Å². The number of anilines is 1. The molecule has 5 aromatic rings. The summed E-state index contributed by atoms with van der Waals surface area (Å²) in [6, 6.07) is 11.0. The van der Waals surface area contributed by atoms with Crippen molar-refractivity contribution in [3.63, 3.8) is 0 Å². The molecule has 7 nitrogen and oxygen atoms in total. The van der Waals surface area contributed by atoms with E-state index in [-0.39, 0.29) is 23.1 Å². The molecule has 3 heterocycles. The maximum Gasteiger partial charge on any atom is 0.416 e. The van der Waals surface area contributed by atoms with E-state index in [4.69, 9.17) is 11.6 Å². The van der Waals surface area contributed by atoms with Crippen LogP contribution in [0.15, 0.2) is 53.8 Å². The lowest BCUT2D eigenvalue weighted by Crippen LogP contribution is -2.14.